The number of nitrogens with zero attached hydrogens (tertiary/aromatic N) is 3. The first-order chi connectivity index (χ1) is 34.2. The highest BCUT2D eigenvalue weighted by atomic mass is 32.1. The Morgan fingerprint density at radius 3 is 1.56 bits per heavy atom. The molecule has 0 bridgehead atoms. The maximum Gasteiger partial charge on any atom is 0.252 e. The van der Waals surface area contributed by atoms with E-state index in [-0.39, 0.29) is 28.4 Å². The Labute approximate surface area is 433 Å². The van der Waals surface area contributed by atoms with E-state index in [0.717, 1.165) is 17.1 Å². The van der Waals surface area contributed by atoms with Gasteiger partial charge in [-0.05, 0) is 139 Å². The molecular formula is C66H62BN3S2. The third-order valence-electron chi connectivity index (χ3n) is 15.8. The average Bonchev–Trinajstić information content (AvgIpc) is 4.01. The van der Waals surface area contributed by atoms with Gasteiger partial charge in [-0.1, -0.05) is 162 Å². The zero-order chi connectivity index (χ0) is 50.0. The molecule has 0 saturated heterocycles. The lowest BCUT2D eigenvalue weighted by Gasteiger charge is -2.42. The summed E-state index contributed by atoms with van der Waals surface area (Å²) in [6, 6.07) is 61.3. The average molecular weight is 972 g/mol. The fourth-order valence-corrected chi connectivity index (χ4v) is 14.2. The molecule has 2 aliphatic rings. The normalized spacial score (nSPS) is 13.8. The number of aromatic nitrogens is 1. The molecule has 0 aliphatic carbocycles. The number of benzene rings is 8. The van der Waals surface area contributed by atoms with Crippen molar-refractivity contribution in [3.8, 4) is 5.69 Å². The first-order valence-corrected chi connectivity index (χ1v) is 27.4. The molecule has 0 spiro atoms. The van der Waals surface area contributed by atoms with Crippen LogP contribution in [0.4, 0.5) is 34.1 Å². The van der Waals surface area contributed by atoms with Gasteiger partial charge >= 0.3 is 0 Å². The van der Waals surface area contributed by atoms with Gasteiger partial charge in [0.1, 0.15) is 0 Å². The van der Waals surface area contributed by atoms with Crippen molar-refractivity contribution >= 4 is 131 Å². The summed E-state index contributed by atoms with van der Waals surface area (Å²) in [5, 5.41) is 5.28. The van der Waals surface area contributed by atoms with Gasteiger partial charge in [0, 0.05) is 69.8 Å². The predicted octanol–water partition coefficient (Wildman–Crippen LogP) is 17.6. The third kappa shape index (κ3) is 6.81. The molecule has 11 aromatic rings. The fourth-order valence-electron chi connectivity index (χ4n) is 11.8. The van der Waals surface area contributed by atoms with Gasteiger partial charge in [-0.25, -0.2) is 0 Å². The topological polar surface area (TPSA) is 11.4 Å². The van der Waals surface area contributed by atoms with Crippen LogP contribution in [0.5, 0.6) is 0 Å². The molecule has 3 nitrogen and oxygen atoms in total. The van der Waals surface area contributed by atoms with Crippen molar-refractivity contribution in [1.29, 1.82) is 0 Å². The molecule has 6 heteroatoms. The lowest BCUT2D eigenvalue weighted by molar-refractivity contribution is 0.590. The predicted molar refractivity (Wildman–Crippen MR) is 318 cm³/mol. The van der Waals surface area contributed by atoms with E-state index in [9.17, 15) is 0 Å². The summed E-state index contributed by atoms with van der Waals surface area (Å²) in [5.74, 6) is 0. The molecule has 0 atom stereocenters. The first kappa shape index (κ1) is 45.3. The van der Waals surface area contributed by atoms with E-state index in [1.807, 2.05) is 22.7 Å². The fraction of sp³-hybridized carbons (Fsp3) is 0.242. The first-order valence-electron chi connectivity index (χ1n) is 25.8. The van der Waals surface area contributed by atoms with Gasteiger partial charge in [0.2, 0.25) is 0 Å². The zero-order valence-electron chi connectivity index (χ0n) is 43.7. The highest BCUT2D eigenvalue weighted by Crippen LogP contribution is 2.51. The molecule has 13 rings (SSSR count). The van der Waals surface area contributed by atoms with Crippen LogP contribution in [0.1, 0.15) is 105 Å². The summed E-state index contributed by atoms with van der Waals surface area (Å²) >= 11 is 3.85. The Kier molecular flexibility index (Phi) is 9.72. The molecule has 8 aromatic carbocycles. The molecule has 0 N–H and O–H groups in total. The van der Waals surface area contributed by atoms with Crippen molar-refractivity contribution in [2.75, 3.05) is 9.80 Å². The number of rotatable bonds is 4. The van der Waals surface area contributed by atoms with Crippen molar-refractivity contribution in [2.24, 2.45) is 0 Å². The van der Waals surface area contributed by atoms with Crippen LogP contribution in [-0.2, 0) is 21.7 Å². The zero-order valence-corrected chi connectivity index (χ0v) is 45.4. The van der Waals surface area contributed by atoms with Crippen LogP contribution in [0.3, 0.4) is 0 Å². The summed E-state index contributed by atoms with van der Waals surface area (Å²) in [7, 11) is 0. The van der Waals surface area contributed by atoms with Crippen molar-refractivity contribution < 1.29 is 0 Å². The van der Waals surface area contributed by atoms with Crippen LogP contribution in [0.2, 0.25) is 0 Å². The van der Waals surface area contributed by atoms with Crippen LogP contribution in [0.25, 0.3) is 57.1 Å². The summed E-state index contributed by atoms with van der Waals surface area (Å²) in [5.41, 5.74) is 20.4. The summed E-state index contributed by atoms with van der Waals surface area (Å²) in [6.45, 7) is 28.1. The molecule has 0 amide bonds. The van der Waals surface area contributed by atoms with Gasteiger partial charge in [-0.2, -0.15) is 0 Å². The van der Waals surface area contributed by atoms with E-state index in [4.69, 9.17) is 0 Å². The minimum absolute atomic E-state index is 0.0131. The highest BCUT2D eigenvalue weighted by molar-refractivity contribution is 7.27. The number of fused-ring (bicyclic) bond motifs is 12. The van der Waals surface area contributed by atoms with E-state index in [1.54, 1.807) is 0 Å². The molecule has 356 valence electrons. The summed E-state index contributed by atoms with van der Waals surface area (Å²) in [6.07, 6.45) is 0. The monoisotopic (exact) mass is 971 g/mol. The van der Waals surface area contributed by atoms with Crippen LogP contribution in [0.15, 0.2) is 158 Å². The van der Waals surface area contributed by atoms with Crippen LogP contribution >= 0.6 is 22.7 Å². The maximum atomic E-state index is 2.69. The molecule has 0 saturated carbocycles. The number of hydrogen-bond acceptors (Lipinski definition) is 4. The minimum Gasteiger partial charge on any atom is -0.311 e. The third-order valence-corrected chi connectivity index (χ3v) is 18.1. The lowest BCUT2D eigenvalue weighted by Crippen LogP contribution is -2.60. The van der Waals surface area contributed by atoms with Gasteiger partial charge in [0.25, 0.3) is 6.71 Å². The summed E-state index contributed by atoms with van der Waals surface area (Å²) in [4.78, 5) is 5.16. The van der Waals surface area contributed by atoms with Crippen LogP contribution < -0.4 is 26.2 Å². The van der Waals surface area contributed by atoms with Gasteiger partial charge < -0.3 is 14.4 Å². The molecule has 5 heterocycles. The Hall–Kier alpha value is -6.60. The minimum atomic E-state index is -0.135. The van der Waals surface area contributed by atoms with Crippen molar-refractivity contribution in [3.63, 3.8) is 0 Å². The molecule has 0 unspecified atom stereocenters. The number of anilines is 6. The van der Waals surface area contributed by atoms with Crippen molar-refractivity contribution in [2.45, 2.75) is 105 Å². The Bertz CT molecular complexity index is 3970. The summed E-state index contributed by atoms with van der Waals surface area (Å²) < 4.78 is 8.01. The Morgan fingerprint density at radius 2 is 0.931 bits per heavy atom. The smallest absolute Gasteiger partial charge is 0.252 e. The van der Waals surface area contributed by atoms with Gasteiger partial charge in [-0.15, -0.1) is 22.7 Å². The van der Waals surface area contributed by atoms with Crippen molar-refractivity contribution in [3.05, 3.63) is 180 Å². The van der Waals surface area contributed by atoms with Gasteiger partial charge in [0.15, 0.2) is 0 Å². The second-order valence-electron chi connectivity index (χ2n) is 24.7. The molecule has 3 aromatic heterocycles. The SMILES string of the molecule is CC(C)(C)c1ccc(N(c2ccc(C(C)(C)C)cc2)c2ccc3c(c2)N(c2cccc4sc5ccccc5c24)c2cc(C(C)(C)C)cc4c2B3c2cc(C(C)(C)C)cc3c5sc6ccccc6c5n-4c23)cc1. The highest BCUT2D eigenvalue weighted by Gasteiger charge is 2.44. The number of hydrogen-bond donors (Lipinski definition) is 0. The van der Waals surface area contributed by atoms with Crippen molar-refractivity contribution in [1.82, 2.24) is 4.57 Å². The quantitative estimate of drug-likeness (QED) is 0.163. The Balaban J connectivity index is 1.17. The second kappa shape index (κ2) is 15.5. The second-order valence-corrected chi connectivity index (χ2v) is 26.8. The van der Waals surface area contributed by atoms with Crippen LogP contribution in [0, 0.1) is 0 Å². The number of thiophene rings is 2. The van der Waals surface area contributed by atoms with E-state index in [1.165, 1.54) is 113 Å². The molecule has 0 radical (unpaired) electrons. The molecular weight excluding hydrogens is 910 g/mol. The standard InChI is InChI=1S/C66H62BN3S2/c1-63(2,3)39-24-28-43(29-25-39)68(44-30-26-40(27-31-44)64(4,5)6)45-32-33-49-52(38-45)69(51-20-17-23-57-58(51)46-18-13-15-21-55(46)71-57)53-36-42(66(10,11)12)37-54-59(53)67(49)50-35-41(65(7,8)9)34-48-60(50)70(54)61-47-19-14-16-22-56(47)72-62(48)61/h13-38H,1-12H3. The van der Waals surface area contributed by atoms with Gasteiger partial charge in [-0.3, -0.25) is 0 Å². The van der Waals surface area contributed by atoms with E-state index < -0.39 is 0 Å². The van der Waals surface area contributed by atoms with E-state index in [0.29, 0.717) is 0 Å². The van der Waals surface area contributed by atoms with E-state index >= 15 is 0 Å². The van der Waals surface area contributed by atoms with Crippen LogP contribution in [-0.4, -0.2) is 11.3 Å². The molecule has 2 aliphatic heterocycles. The Morgan fingerprint density at radius 1 is 0.389 bits per heavy atom. The van der Waals surface area contributed by atoms with Gasteiger partial charge in [0.05, 0.1) is 21.4 Å². The molecule has 72 heavy (non-hydrogen) atoms. The van der Waals surface area contributed by atoms with E-state index in [2.05, 4.69) is 255 Å². The molecule has 0 fully saturated rings. The largest absolute Gasteiger partial charge is 0.311 e. The maximum absolute atomic E-state index is 2.69. The lowest BCUT2D eigenvalue weighted by atomic mass is 9.33.